The molecule has 2 aromatic carbocycles. The van der Waals surface area contributed by atoms with E-state index in [-0.39, 0.29) is 12.0 Å². The first kappa shape index (κ1) is 9.86. The second-order valence-electron chi connectivity index (χ2n) is 5.01. The summed E-state index contributed by atoms with van der Waals surface area (Å²) in [6.07, 6.45) is -0.332. The molecule has 0 saturated heterocycles. The van der Waals surface area contributed by atoms with Gasteiger partial charge in [-0.1, -0.05) is 50.2 Å². The fourth-order valence-corrected chi connectivity index (χ4v) is 3.01. The second-order valence-corrected chi connectivity index (χ2v) is 5.01. The van der Waals surface area contributed by atoms with Crippen molar-refractivity contribution in [2.45, 2.75) is 25.9 Å². The van der Waals surface area contributed by atoms with Crippen LogP contribution in [0, 0.1) is 5.92 Å². The molecule has 0 bridgehead atoms. The lowest BCUT2D eigenvalue weighted by Gasteiger charge is -2.20. The normalized spacial score (nSPS) is 23.2. The number of hydrogen-bond acceptors (Lipinski definition) is 1. The highest BCUT2D eigenvalue weighted by atomic mass is 16.3. The maximum atomic E-state index is 10.4. The Morgan fingerprint density at radius 1 is 1.00 bits per heavy atom. The van der Waals surface area contributed by atoms with Crippen LogP contribution in [-0.2, 0) is 0 Å². The van der Waals surface area contributed by atoms with Crippen LogP contribution in [0.25, 0.3) is 10.8 Å². The molecular formula is C15H16O. The molecule has 2 atom stereocenters. The lowest BCUT2D eigenvalue weighted by molar-refractivity contribution is 0.132. The van der Waals surface area contributed by atoms with Gasteiger partial charge in [0.1, 0.15) is 0 Å². The zero-order valence-electron chi connectivity index (χ0n) is 9.64. The SMILES string of the molecule is CC(C)C1c2cccc3cccc(c23)C1O. The van der Waals surface area contributed by atoms with Crippen molar-refractivity contribution in [3.05, 3.63) is 47.5 Å². The van der Waals surface area contributed by atoms with Crippen molar-refractivity contribution in [2.24, 2.45) is 5.92 Å². The fraction of sp³-hybridized carbons (Fsp3) is 0.333. The Kier molecular flexibility index (Phi) is 2.05. The molecule has 1 nitrogen and oxygen atoms in total. The van der Waals surface area contributed by atoms with Crippen LogP contribution in [0.2, 0.25) is 0 Å². The van der Waals surface area contributed by atoms with Gasteiger partial charge in [-0.2, -0.15) is 0 Å². The summed E-state index contributed by atoms with van der Waals surface area (Å²) in [5, 5.41) is 12.9. The Morgan fingerprint density at radius 2 is 1.62 bits per heavy atom. The monoisotopic (exact) mass is 212 g/mol. The van der Waals surface area contributed by atoms with Crippen molar-refractivity contribution in [3.8, 4) is 0 Å². The molecule has 1 aliphatic rings. The van der Waals surface area contributed by atoms with E-state index in [0.29, 0.717) is 5.92 Å². The number of aliphatic hydroxyl groups excluding tert-OH is 1. The van der Waals surface area contributed by atoms with Crippen LogP contribution in [0.15, 0.2) is 36.4 Å². The van der Waals surface area contributed by atoms with Gasteiger partial charge in [-0.05, 0) is 27.8 Å². The van der Waals surface area contributed by atoms with Crippen LogP contribution in [0.3, 0.4) is 0 Å². The predicted molar refractivity (Wildman–Crippen MR) is 66.5 cm³/mol. The molecule has 82 valence electrons. The minimum Gasteiger partial charge on any atom is -0.388 e. The molecule has 1 heteroatoms. The first-order chi connectivity index (χ1) is 7.70. The highest BCUT2D eigenvalue weighted by Gasteiger charge is 2.34. The van der Waals surface area contributed by atoms with Gasteiger partial charge in [0.2, 0.25) is 0 Å². The topological polar surface area (TPSA) is 20.2 Å². The van der Waals surface area contributed by atoms with Crippen molar-refractivity contribution in [3.63, 3.8) is 0 Å². The molecule has 1 N–H and O–H groups in total. The molecule has 1 aliphatic carbocycles. The summed E-state index contributed by atoms with van der Waals surface area (Å²) < 4.78 is 0. The fourth-order valence-electron chi connectivity index (χ4n) is 3.01. The standard InChI is InChI=1S/C15H16O/c1-9(2)13-11-7-3-5-10-6-4-8-12(14(10)11)15(13)16/h3-9,13,15-16H,1-2H3. The minimum absolute atomic E-state index is 0.251. The van der Waals surface area contributed by atoms with E-state index in [9.17, 15) is 5.11 Å². The van der Waals surface area contributed by atoms with Gasteiger partial charge in [0.05, 0.1) is 6.10 Å². The van der Waals surface area contributed by atoms with E-state index in [4.69, 9.17) is 0 Å². The Hall–Kier alpha value is -1.34. The Bertz CT molecular complexity index is 537. The highest BCUT2D eigenvalue weighted by molar-refractivity contribution is 5.92. The molecule has 3 rings (SSSR count). The Morgan fingerprint density at radius 3 is 2.25 bits per heavy atom. The lowest BCUT2D eigenvalue weighted by Crippen LogP contribution is -2.10. The van der Waals surface area contributed by atoms with Crippen molar-refractivity contribution < 1.29 is 5.11 Å². The molecule has 0 fully saturated rings. The maximum Gasteiger partial charge on any atom is 0.0867 e. The number of rotatable bonds is 1. The minimum atomic E-state index is -0.332. The molecule has 16 heavy (non-hydrogen) atoms. The molecule has 0 radical (unpaired) electrons. The van der Waals surface area contributed by atoms with Crippen LogP contribution in [0.1, 0.15) is 37.0 Å². The van der Waals surface area contributed by atoms with E-state index >= 15 is 0 Å². The van der Waals surface area contributed by atoms with Crippen molar-refractivity contribution in [1.82, 2.24) is 0 Å². The van der Waals surface area contributed by atoms with Crippen LogP contribution >= 0.6 is 0 Å². The molecule has 0 saturated carbocycles. The lowest BCUT2D eigenvalue weighted by atomic mass is 9.87. The van der Waals surface area contributed by atoms with Gasteiger partial charge >= 0.3 is 0 Å². The molecule has 2 unspecified atom stereocenters. The zero-order valence-corrected chi connectivity index (χ0v) is 9.64. The summed E-state index contributed by atoms with van der Waals surface area (Å²) in [4.78, 5) is 0. The third kappa shape index (κ3) is 1.15. The largest absolute Gasteiger partial charge is 0.388 e. The van der Waals surface area contributed by atoms with Crippen LogP contribution in [0.5, 0.6) is 0 Å². The van der Waals surface area contributed by atoms with Gasteiger partial charge < -0.3 is 5.11 Å². The van der Waals surface area contributed by atoms with Gasteiger partial charge in [-0.25, -0.2) is 0 Å². The van der Waals surface area contributed by atoms with E-state index in [0.717, 1.165) is 5.56 Å². The van der Waals surface area contributed by atoms with Gasteiger partial charge in [0.25, 0.3) is 0 Å². The van der Waals surface area contributed by atoms with E-state index in [1.54, 1.807) is 0 Å². The third-order valence-corrected chi connectivity index (χ3v) is 3.71. The molecule has 0 spiro atoms. The Balaban J connectivity index is 2.35. The van der Waals surface area contributed by atoms with Crippen molar-refractivity contribution >= 4 is 10.8 Å². The van der Waals surface area contributed by atoms with Crippen molar-refractivity contribution in [2.75, 3.05) is 0 Å². The Labute approximate surface area is 95.7 Å². The van der Waals surface area contributed by atoms with Crippen LogP contribution < -0.4 is 0 Å². The summed E-state index contributed by atoms with van der Waals surface area (Å²) in [7, 11) is 0. The molecule has 2 aromatic rings. The van der Waals surface area contributed by atoms with Gasteiger partial charge in [-0.15, -0.1) is 0 Å². The van der Waals surface area contributed by atoms with E-state index in [2.05, 4.69) is 44.2 Å². The van der Waals surface area contributed by atoms with E-state index in [1.807, 2.05) is 6.07 Å². The summed E-state index contributed by atoms with van der Waals surface area (Å²) in [5.41, 5.74) is 2.42. The number of benzene rings is 2. The molecule has 0 heterocycles. The van der Waals surface area contributed by atoms with E-state index in [1.165, 1.54) is 16.3 Å². The van der Waals surface area contributed by atoms with Crippen LogP contribution in [-0.4, -0.2) is 5.11 Å². The zero-order chi connectivity index (χ0) is 11.3. The second kappa shape index (κ2) is 3.33. The quantitative estimate of drug-likeness (QED) is 0.765. The highest BCUT2D eigenvalue weighted by Crippen LogP contribution is 2.48. The molecule has 0 amide bonds. The average Bonchev–Trinajstić information content (AvgIpc) is 2.55. The summed E-state index contributed by atoms with van der Waals surface area (Å²) in [6.45, 7) is 4.36. The summed E-state index contributed by atoms with van der Waals surface area (Å²) in [6, 6.07) is 12.6. The van der Waals surface area contributed by atoms with Gasteiger partial charge in [0.15, 0.2) is 0 Å². The molecule has 0 aromatic heterocycles. The van der Waals surface area contributed by atoms with Gasteiger partial charge in [0, 0.05) is 5.92 Å². The van der Waals surface area contributed by atoms with Crippen LogP contribution in [0.4, 0.5) is 0 Å². The van der Waals surface area contributed by atoms with Crippen molar-refractivity contribution in [1.29, 1.82) is 0 Å². The average molecular weight is 212 g/mol. The number of aliphatic hydroxyl groups is 1. The molecular weight excluding hydrogens is 196 g/mol. The van der Waals surface area contributed by atoms with E-state index < -0.39 is 0 Å². The first-order valence-corrected chi connectivity index (χ1v) is 5.89. The summed E-state index contributed by atoms with van der Waals surface area (Å²) >= 11 is 0. The third-order valence-electron chi connectivity index (χ3n) is 3.71. The smallest absolute Gasteiger partial charge is 0.0867 e. The predicted octanol–water partition coefficient (Wildman–Crippen LogP) is 3.63. The summed E-state index contributed by atoms with van der Waals surface area (Å²) in [5.74, 6) is 0.717. The number of hydrogen-bond donors (Lipinski definition) is 1. The maximum absolute atomic E-state index is 10.4. The first-order valence-electron chi connectivity index (χ1n) is 5.89. The molecule has 0 aliphatic heterocycles. The van der Waals surface area contributed by atoms with Gasteiger partial charge in [-0.3, -0.25) is 0 Å².